The van der Waals surface area contributed by atoms with E-state index >= 15 is 0 Å². The Morgan fingerprint density at radius 3 is 2.76 bits per heavy atom. The summed E-state index contributed by atoms with van der Waals surface area (Å²) in [5, 5.41) is 1.21. The number of hydrogen-bond acceptors (Lipinski definition) is 3. The molecule has 0 atom stereocenters. The molecule has 0 aliphatic carbocycles. The van der Waals surface area contributed by atoms with Gasteiger partial charge in [-0.05, 0) is 61.6 Å². The van der Waals surface area contributed by atoms with E-state index in [1.807, 2.05) is 36.7 Å². The molecular formula is C29H27N5. The summed E-state index contributed by atoms with van der Waals surface area (Å²) in [6.45, 7) is 3.19. The molecule has 2 aromatic carbocycles. The van der Waals surface area contributed by atoms with E-state index in [-0.39, 0.29) is 0 Å². The second kappa shape index (κ2) is 9.17. The molecule has 3 aromatic heterocycles. The predicted molar refractivity (Wildman–Crippen MR) is 137 cm³/mol. The van der Waals surface area contributed by atoms with E-state index < -0.39 is 0 Å². The van der Waals surface area contributed by atoms with Gasteiger partial charge in [0.1, 0.15) is 11.5 Å². The first-order valence-electron chi connectivity index (χ1n) is 12.0. The molecule has 1 aliphatic rings. The van der Waals surface area contributed by atoms with Crippen LogP contribution in [0.1, 0.15) is 36.6 Å². The van der Waals surface area contributed by atoms with Crippen LogP contribution in [-0.2, 0) is 0 Å². The highest BCUT2D eigenvalue weighted by molar-refractivity contribution is 5.86. The summed E-state index contributed by atoms with van der Waals surface area (Å²) in [6, 6.07) is 20.8. The third kappa shape index (κ3) is 4.09. The first-order chi connectivity index (χ1) is 16.8. The van der Waals surface area contributed by atoms with E-state index in [9.17, 15) is 0 Å². The Labute approximate surface area is 199 Å². The van der Waals surface area contributed by atoms with Gasteiger partial charge in [-0.1, -0.05) is 42.2 Å². The van der Waals surface area contributed by atoms with Gasteiger partial charge >= 0.3 is 0 Å². The Morgan fingerprint density at radius 1 is 1.00 bits per heavy atom. The van der Waals surface area contributed by atoms with Crippen LogP contribution in [0.2, 0.25) is 0 Å². The minimum atomic E-state index is 0.436. The first-order valence-corrected chi connectivity index (χ1v) is 12.0. The molecule has 34 heavy (non-hydrogen) atoms. The van der Waals surface area contributed by atoms with E-state index in [1.165, 1.54) is 5.39 Å². The monoisotopic (exact) mass is 445 g/mol. The Kier molecular flexibility index (Phi) is 5.58. The van der Waals surface area contributed by atoms with Crippen molar-refractivity contribution in [1.29, 1.82) is 0 Å². The highest BCUT2D eigenvalue weighted by Gasteiger charge is 2.25. The normalized spacial score (nSPS) is 14.9. The topological polar surface area (TPSA) is 49.2 Å². The number of likely N-dealkylation sites (tertiary alicyclic amines) is 1. The van der Waals surface area contributed by atoms with Gasteiger partial charge in [0.15, 0.2) is 5.65 Å². The maximum Gasteiger partial charge on any atom is 0.164 e. The van der Waals surface area contributed by atoms with Gasteiger partial charge < -0.3 is 9.88 Å². The fourth-order valence-corrected chi connectivity index (χ4v) is 4.94. The van der Waals surface area contributed by atoms with Gasteiger partial charge in [-0.2, -0.15) is 0 Å². The summed E-state index contributed by atoms with van der Waals surface area (Å²) in [6.07, 6.45) is 9.06. The molecule has 168 valence electrons. The van der Waals surface area contributed by atoms with Crippen LogP contribution in [0.4, 0.5) is 0 Å². The summed E-state index contributed by atoms with van der Waals surface area (Å²) in [5.41, 5.74) is 5.21. The van der Waals surface area contributed by atoms with Crippen molar-refractivity contribution >= 4 is 16.6 Å². The number of piperidine rings is 1. The molecule has 5 nitrogen and oxygen atoms in total. The lowest BCUT2D eigenvalue weighted by Crippen LogP contribution is -2.34. The number of aromatic nitrogens is 4. The number of nitrogens with one attached hydrogen (secondary N) is 1. The summed E-state index contributed by atoms with van der Waals surface area (Å²) < 4.78 is 2.19. The molecule has 1 N–H and O–H groups in total. The van der Waals surface area contributed by atoms with Gasteiger partial charge in [0, 0.05) is 54.1 Å². The lowest BCUT2D eigenvalue weighted by atomic mass is 9.96. The SMILES string of the molecule is C(#Cc1ccccc1)CCN1CCC(c2nc(-c3ccc4cc[nH]c4c3)c3ncccn23)CC1. The van der Waals surface area contributed by atoms with Gasteiger partial charge in [-0.15, -0.1) is 0 Å². The van der Waals surface area contributed by atoms with Gasteiger partial charge in [0.2, 0.25) is 0 Å². The number of nitrogens with zero attached hydrogens (tertiary/aromatic N) is 4. The van der Waals surface area contributed by atoms with Gasteiger partial charge in [-0.25, -0.2) is 9.97 Å². The standard InChI is InChI=1S/C29H27N5/c1-2-7-22(8-3-1)9-4-5-17-33-19-13-24(14-20-33)28-32-27(29-31-15-6-18-34(28)29)25-11-10-23-12-16-30-26(23)21-25/h1-3,6-8,10-12,15-16,18,21,24,30H,5,13-14,17,19-20H2. The van der Waals surface area contributed by atoms with Crippen molar-refractivity contribution in [3.63, 3.8) is 0 Å². The van der Waals surface area contributed by atoms with Crippen molar-refractivity contribution in [2.24, 2.45) is 0 Å². The lowest BCUT2D eigenvalue weighted by Gasteiger charge is -2.30. The first kappa shape index (κ1) is 20.7. The highest BCUT2D eigenvalue weighted by Crippen LogP contribution is 2.33. The van der Waals surface area contributed by atoms with Crippen LogP contribution in [0.15, 0.2) is 79.3 Å². The van der Waals surface area contributed by atoms with Crippen LogP contribution in [0, 0.1) is 11.8 Å². The van der Waals surface area contributed by atoms with Crippen molar-refractivity contribution in [2.75, 3.05) is 19.6 Å². The van der Waals surface area contributed by atoms with Crippen molar-refractivity contribution in [2.45, 2.75) is 25.2 Å². The number of imidazole rings is 1. The largest absolute Gasteiger partial charge is 0.361 e. The third-order valence-electron chi connectivity index (χ3n) is 6.77. The zero-order chi connectivity index (χ0) is 22.7. The second-order valence-corrected chi connectivity index (χ2v) is 8.95. The smallest absolute Gasteiger partial charge is 0.164 e. The predicted octanol–water partition coefficient (Wildman–Crippen LogP) is 5.50. The minimum absolute atomic E-state index is 0.436. The van der Waals surface area contributed by atoms with Crippen LogP contribution in [-0.4, -0.2) is 43.9 Å². The van der Waals surface area contributed by atoms with Crippen molar-refractivity contribution < 1.29 is 0 Å². The Balaban J connectivity index is 1.17. The van der Waals surface area contributed by atoms with E-state index in [0.29, 0.717) is 5.92 Å². The summed E-state index contributed by atoms with van der Waals surface area (Å²) >= 11 is 0. The maximum absolute atomic E-state index is 5.15. The minimum Gasteiger partial charge on any atom is -0.361 e. The van der Waals surface area contributed by atoms with Gasteiger partial charge in [0.05, 0.1) is 0 Å². The second-order valence-electron chi connectivity index (χ2n) is 8.95. The van der Waals surface area contributed by atoms with E-state index in [0.717, 1.165) is 72.7 Å². The number of H-pyrrole nitrogens is 1. The number of benzene rings is 2. The molecule has 0 amide bonds. The molecule has 0 saturated carbocycles. The van der Waals surface area contributed by atoms with E-state index in [1.54, 1.807) is 0 Å². The fourth-order valence-electron chi connectivity index (χ4n) is 4.94. The number of aromatic amines is 1. The van der Waals surface area contributed by atoms with Crippen LogP contribution >= 0.6 is 0 Å². The molecule has 4 heterocycles. The Bertz CT molecular complexity index is 1480. The average Bonchev–Trinajstić information content (AvgIpc) is 3.52. The highest BCUT2D eigenvalue weighted by atomic mass is 15.1. The summed E-state index contributed by atoms with van der Waals surface area (Å²) in [4.78, 5) is 15.7. The van der Waals surface area contributed by atoms with Crippen LogP contribution < -0.4 is 0 Å². The molecular weight excluding hydrogens is 418 g/mol. The molecule has 0 radical (unpaired) electrons. The summed E-state index contributed by atoms with van der Waals surface area (Å²) in [7, 11) is 0. The van der Waals surface area contributed by atoms with Crippen molar-refractivity contribution in [1.82, 2.24) is 24.3 Å². The molecule has 1 saturated heterocycles. The molecule has 1 aliphatic heterocycles. The van der Waals surface area contributed by atoms with Crippen LogP contribution in [0.5, 0.6) is 0 Å². The molecule has 0 unspecified atom stereocenters. The average molecular weight is 446 g/mol. The van der Waals surface area contributed by atoms with E-state index in [4.69, 9.17) is 9.97 Å². The quantitative estimate of drug-likeness (QED) is 0.372. The Morgan fingerprint density at radius 2 is 1.88 bits per heavy atom. The Hall–Kier alpha value is -3.88. The van der Waals surface area contributed by atoms with Crippen molar-refractivity contribution in [3.05, 3.63) is 90.6 Å². The zero-order valence-electron chi connectivity index (χ0n) is 19.1. The number of rotatable bonds is 4. The number of hydrogen-bond donors (Lipinski definition) is 1. The number of fused-ring (bicyclic) bond motifs is 2. The molecule has 0 spiro atoms. The van der Waals surface area contributed by atoms with Gasteiger partial charge in [-0.3, -0.25) is 4.40 Å². The zero-order valence-corrected chi connectivity index (χ0v) is 19.1. The fraction of sp³-hybridized carbons (Fsp3) is 0.241. The molecule has 5 heteroatoms. The van der Waals surface area contributed by atoms with E-state index in [2.05, 4.69) is 68.7 Å². The van der Waals surface area contributed by atoms with Crippen LogP contribution in [0.25, 0.3) is 27.8 Å². The molecule has 1 fully saturated rings. The third-order valence-corrected chi connectivity index (χ3v) is 6.77. The lowest BCUT2D eigenvalue weighted by molar-refractivity contribution is 0.213. The van der Waals surface area contributed by atoms with Crippen molar-refractivity contribution in [3.8, 4) is 23.1 Å². The molecule has 6 rings (SSSR count). The molecule has 0 bridgehead atoms. The summed E-state index contributed by atoms with van der Waals surface area (Å²) in [5.74, 6) is 8.17. The van der Waals surface area contributed by atoms with Crippen LogP contribution in [0.3, 0.4) is 0 Å². The molecule has 5 aromatic rings. The van der Waals surface area contributed by atoms with Gasteiger partial charge in [0.25, 0.3) is 0 Å². The maximum atomic E-state index is 5.15.